The third kappa shape index (κ3) is 23.1. The monoisotopic (exact) mass is 1590 g/mol. The summed E-state index contributed by atoms with van der Waals surface area (Å²) in [5.41, 5.74) is 1.53. The van der Waals surface area contributed by atoms with Crippen molar-refractivity contribution in [2.45, 2.75) is 0 Å². The van der Waals surface area contributed by atoms with Crippen molar-refractivity contribution >= 4 is 166 Å². The maximum Gasteiger partial charge on any atom is 0.461 e. The van der Waals surface area contributed by atoms with E-state index in [1.807, 2.05) is 0 Å². The standard InChI is InChI=1S/C60H54Cl6N9O24P3/c1-82-49-19-37(31-67-88-55(76)25-61)7-13-43(49)94-100(95-44-14-8-38(20-50(44)83-2)32-68-89-56(77)26-62)73-101(96-45-15-9-39(21-51(45)84-3)33-69-90-57(78)27-63,97-46-16-10-40(22-52(46)85-4)34-70-91-58(79)28-64)75-102(74-100,98-47-17-11-41(23-53(47)86-5)35-71-92-59(80)29-65)99-48-18-12-42(24-54(48)87-6)36-72-93-60(81)30-66/h7-24,31-36H,25-30H2,1-6H3/b67-31+,68-32+,69-33+,70-34+,71-35+,72-36+. The van der Waals surface area contributed by atoms with Crippen LogP contribution in [0.2, 0.25) is 0 Å². The van der Waals surface area contributed by atoms with Gasteiger partial charge in [-0.25, -0.2) is 28.8 Å². The van der Waals surface area contributed by atoms with Crippen LogP contribution in [0.25, 0.3) is 0 Å². The number of methoxy groups -OCH3 is 6. The van der Waals surface area contributed by atoms with Crippen LogP contribution >= 0.6 is 92.6 Å². The molecule has 42 heteroatoms. The van der Waals surface area contributed by atoms with Crippen molar-refractivity contribution in [3.63, 3.8) is 0 Å². The number of nitrogens with zero attached hydrogens (tertiary/aromatic N) is 9. The first-order chi connectivity index (χ1) is 49.2. The summed E-state index contributed by atoms with van der Waals surface area (Å²) in [5, 5.41) is 22.4. The number of carbonyl (C=O) groups is 6. The van der Waals surface area contributed by atoms with Crippen LogP contribution in [0.1, 0.15) is 33.4 Å². The van der Waals surface area contributed by atoms with Gasteiger partial charge in [0.25, 0.3) is 0 Å². The van der Waals surface area contributed by atoms with Gasteiger partial charge in [-0.15, -0.1) is 69.6 Å². The molecule has 0 fully saturated rings. The average molecular weight is 1590 g/mol. The fourth-order valence-corrected chi connectivity index (χ4v) is 17.0. The van der Waals surface area contributed by atoms with E-state index in [4.69, 9.17) is 168 Å². The van der Waals surface area contributed by atoms with Gasteiger partial charge in [0, 0.05) is 33.4 Å². The highest BCUT2D eigenvalue weighted by Crippen LogP contribution is 2.80. The Morgan fingerprint density at radius 2 is 0.422 bits per heavy atom. The Kier molecular flexibility index (Phi) is 30.7. The predicted octanol–water partition coefficient (Wildman–Crippen LogP) is 13.1. The first-order valence-electron chi connectivity index (χ1n) is 28.2. The molecule has 6 aromatic rings. The van der Waals surface area contributed by atoms with Crippen molar-refractivity contribution in [3.8, 4) is 69.0 Å². The van der Waals surface area contributed by atoms with Gasteiger partial charge in [0.15, 0.2) is 69.0 Å². The van der Waals surface area contributed by atoms with E-state index < -0.39 is 94.1 Å². The quantitative estimate of drug-likeness (QED) is 0.0116. The summed E-state index contributed by atoms with van der Waals surface area (Å²) < 4.78 is 94.6. The predicted molar refractivity (Wildman–Crippen MR) is 376 cm³/mol. The van der Waals surface area contributed by atoms with Gasteiger partial charge < -0.3 is 84.6 Å². The van der Waals surface area contributed by atoms with Crippen LogP contribution in [-0.4, -0.2) is 151 Å². The third-order valence-electron chi connectivity index (χ3n) is 11.9. The molecular weight excluding hydrogens is 1540 g/mol. The van der Waals surface area contributed by atoms with Gasteiger partial charge in [-0.05, 0) is 109 Å². The minimum atomic E-state index is -5.18. The zero-order valence-electron chi connectivity index (χ0n) is 53.5. The Morgan fingerprint density at radius 3 is 0.549 bits per heavy atom. The molecule has 1 aliphatic heterocycles. The molecule has 0 saturated carbocycles. The van der Waals surface area contributed by atoms with Gasteiger partial charge in [0.2, 0.25) is 0 Å². The minimum Gasteiger partial charge on any atom is -0.493 e. The van der Waals surface area contributed by atoms with E-state index in [2.05, 4.69) is 30.9 Å². The fourth-order valence-electron chi connectivity index (χ4n) is 7.59. The molecule has 0 spiro atoms. The molecule has 33 nitrogen and oxygen atoms in total. The number of carbonyl (C=O) groups excluding carboxylic acids is 6. The molecule has 0 bridgehead atoms. The van der Waals surface area contributed by atoms with Gasteiger partial charge in [0.05, 0.1) is 79.9 Å². The SMILES string of the molecule is COc1cc(/C=N/OC(=O)CCl)ccc1OP1(Oc2ccc(/C=N/OC(=O)CCl)cc2OC)=NP(Oc2ccc(/C=N/OC(=O)CCl)cc2OC)(Oc2ccc(/C=N/OC(=O)CCl)cc2OC)=NP(Oc2ccc(/C=N/OC(=O)CCl)cc2OC)(Oc2ccc(/C=N/OC(=O)CCl)cc2OC)=N1. The smallest absolute Gasteiger partial charge is 0.461 e. The van der Waals surface area contributed by atoms with Crippen LogP contribution in [0, 0.1) is 0 Å². The van der Waals surface area contributed by atoms with E-state index in [1.165, 1.54) is 152 Å². The first kappa shape index (κ1) is 79.5. The zero-order valence-corrected chi connectivity index (χ0v) is 60.8. The van der Waals surface area contributed by atoms with Gasteiger partial charge in [-0.1, -0.05) is 44.5 Å². The molecule has 0 aliphatic carbocycles. The molecule has 0 saturated heterocycles. The van der Waals surface area contributed by atoms with Crippen molar-refractivity contribution in [2.24, 2.45) is 44.5 Å². The second-order valence-electron chi connectivity index (χ2n) is 18.7. The molecule has 0 aromatic heterocycles. The number of alkyl halides is 6. The number of benzene rings is 6. The normalized spacial score (nSPS) is 13.4. The lowest BCUT2D eigenvalue weighted by Crippen LogP contribution is -2.13. The molecule has 0 atom stereocenters. The molecule has 1 heterocycles. The Balaban J connectivity index is 1.71. The average Bonchev–Trinajstić information content (AvgIpc) is 0.724. The van der Waals surface area contributed by atoms with E-state index >= 15 is 0 Å². The number of oxime groups is 6. The van der Waals surface area contributed by atoms with Crippen LogP contribution in [-0.2, 0) is 57.8 Å². The Morgan fingerprint density at radius 1 is 0.275 bits per heavy atom. The van der Waals surface area contributed by atoms with Crippen LogP contribution in [0.3, 0.4) is 0 Å². The maximum atomic E-state index is 12.0. The van der Waals surface area contributed by atoms with Crippen LogP contribution < -0.4 is 55.6 Å². The summed E-state index contributed by atoms with van der Waals surface area (Å²) in [6.45, 7) is 0. The van der Waals surface area contributed by atoms with Crippen molar-refractivity contribution in [3.05, 3.63) is 143 Å². The highest BCUT2D eigenvalue weighted by atomic mass is 35.5. The molecule has 0 radical (unpaired) electrons. The number of hydrogen-bond acceptors (Lipinski definition) is 33. The largest absolute Gasteiger partial charge is 0.493 e. The minimum absolute atomic E-state index is 0.0994. The summed E-state index contributed by atoms with van der Waals surface area (Å²) in [6.07, 6.45) is 6.98. The molecule has 0 unspecified atom stereocenters. The molecule has 0 N–H and O–H groups in total. The van der Waals surface area contributed by atoms with E-state index in [0.29, 0.717) is 0 Å². The van der Waals surface area contributed by atoms with Crippen LogP contribution in [0.4, 0.5) is 0 Å². The van der Waals surface area contributed by atoms with Gasteiger partial charge in [-0.2, -0.15) is 0 Å². The highest BCUT2D eigenvalue weighted by molar-refractivity contribution is 7.79. The second-order valence-corrected chi connectivity index (χ2v) is 26.5. The molecule has 540 valence electrons. The van der Waals surface area contributed by atoms with Gasteiger partial charge >= 0.3 is 58.8 Å². The van der Waals surface area contributed by atoms with Gasteiger partial charge in [-0.3, -0.25) is 0 Å². The number of halogens is 6. The Labute approximate surface area is 609 Å². The Bertz CT molecular complexity index is 3730. The van der Waals surface area contributed by atoms with Gasteiger partial charge in [0.1, 0.15) is 35.3 Å². The van der Waals surface area contributed by atoms with Crippen molar-refractivity contribution in [1.29, 1.82) is 0 Å². The lowest BCUT2D eigenvalue weighted by atomic mass is 10.2. The van der Waals surface area contributed by atoms with E-state index in [9.17, 15) is 28.8 Å². The zero-order chi connectivity index (χ0) is 73.7. The van der Waals surface area contributed by atoms with Crippen LogP contribution in [0.15, 0.2) is 154 Å². The van der Waals surface area contributed by atoms with Crippen molar-refractivity contribution in [2.75, 3.05) is 77.9 Å². The second kappa shape index (κ2) is 39.4. The molecule has 102 heavy (non-hydrogen) atoms. The van der Waals surface area contributed by atoms with E-state index in [-0.39, 0.29) is 102 Å². The highest BCUT2D eigenvalue weighted by Gasteiger charge is 2.50. The molecule has 7 rings (SSSR count). The van der Waals surface area contributed by atoms with Crippen molar-refractivity contribution in [1.82, 2.24) is 0 Å². The summed E-state index contributed by atoms with van der Waals surface area (Å²) >= 11 is 33.9. The van der Waals surface area contributed by atoms with Crippen LogP contribution in [0.5, 0.6) is 69.0 Å². The summed E-state index contributed by atoms with van der Waals surface area (Å²) in [7, 11) is -7.85. The summed E-state index contributed by atoms with van der Waals surface area (Å²) in [5.74, 6) is -10.2. The first-order valence-corrected chi connectivity index (χ1v) is 36.0. The van der Waals surface area contributed by atoms with E-state index in [0.717, 1.165) is 37.3 Å². The fraction of sp³-hybridized carbons (Fsp3) is 0.200. The molecule has 6 aromatic carbocycles. The summed E-state index contributed by atoms with van der Waals surface area (Å²) in [6, 6.07) is 25.4. The topological polar surface area (TPSA) is 380 Å². The third-order valence-corrected chi connectivity index (χ3v) is 21.2. The number of hydrogen-bond donors (Lipinski definition) is 0. The summed E-state index contributed by atoms with van der Waals surface area (Å²) in [4.78, 5) is 101. The number of ether oxygens (including phenoxy) is 6. The lowest BCUT2D eigenvalue weighted by Gasteiger charge is -2.34. The Hall–Kier alpha value is -9.81. The van der Waals surface area contributed by atoms with Crippen molar-refractivity contribution < 1.29 is 113 Å². The molecular formula is C60H54Cl6N9O24P3. The number of rotatable bonds is 36. The maximum absolute atomic E-state index is 12.0. The molecule has 0 amide bonds. The van der Waals surface area contributed by atoms with E-state index in [1.54, 1.807) is 0 Å². The molecule has 1 aliphatic rings. The lowest BCUT2D eigenvalue weighted by molar-refractivity contribution is -0.141.